The van der Waals surface area contributed by atoms with Crippen LogP contribution in [0.4, 0.5) is 11.6 Å². The Labute approximate surface area is 196 Å². The number of rotatable bonds is 5. The molecule has 0 radical (unpaired) electrons. The fourth-order valence-electron chi connectivity index (χ4n) is 4.62. The van der Waals surface area contributed by atoms with Gasteiger partial charge >= 0.3 is 5.69 Å². The first-order chi connectivity index (χ1) is 16.4. The van der Waals surface area contributed by atoms with Crippen molar-refractivity contribution in [2.24, 2.45) is 13.0 Å². The van der Waals surface area contributed by atoms with Crippen molar-refractivity contribution in [1.82, 2.24) is 18.7 Å². The summed E-state index contributed by atoms with van der Waals surface area (Å²) in [6.45, 7) is 3.65. The molecule has 9 heteroatoms. The second-order valence-electron chi connectivity index (χ2n) is 8.67. The van der Waals surface area contributed by atoms with Crippen molar-refractivity contribution in [2.45, 2.75) is 20.0 Å². The highest BCUT2D eigenvalue weighted by molar-refractivity contribution is 5.78. The van der Waals surface area contributed by atoms with Gasteiger partial charge in [0.15, 0.2) is 11.2 Å². The fourth-order valence-corrected chi connectivity index (χ4v) is 4.62. The van der Waals surface area contributed by atoms with Crippen molar-refractivity contribution in [3.63, 3.8) is 0 Å². The first-order valence-electron chi connectivity index (χ1n) is 11.2. The summed E-state index contributed by atoms with van der Waals surface area (Å²) in [7, 11) is 4.88. The van der Waals surface area contributed by atoms with Gasteiger partial charge in [-0.05, 0) is 23.6 Å². The lowest BCUT2D eigenvalue weighted by atomic mass is 10.1. The Bertz CT molecular complexity index is 1490. The van der Waals surface area contributed by atoms with Crippen molar-refractivity contribution in [1.29, 1.82) is 0 Å². The lowest BCUT2D eigenvalue weighted by molar-refractivity contribution is 0.392. The normalized spacial score (nSPS) is 15.4. The Kier molecular flexibility index (Phi) is 5.39. The van der Waals surface area contributed by atoms with E-state index in [9.17, 15) is 9.59 Å². The van der Waals surface area contributed by atoms with Crippen LogP contribution in [-0.2, 0) is 20.1 Å². The molecule has 0 fully saturated rings. The van der Waals surface area contributed by atoms with Crippen LogP contribution in [0.3, 0.4) is 0 Å². The van der Waals surface area contributed by atoms with E-state index < -0.39 is 5.69 Å². The van der Waals surface area contributed by atoms with E-state index in [1.165, 1.54) is 9.13 Å². The molecule has 3 heterocycles. The molecule has 0 N–H and O–H groups in total. The number of imidazole rings is 1. The summed E-state index contributed by atoms with van der Waals surface area (Å²) < 4.78 is 15.6. The zero-order valence-corrected chi connectivity index (χ0v) is 19.7. The van der Waals surface area contributed by atoms with Gasteiger partial charge in [-0.1, -0.05) is 37.3 Å². The number of fused-ring (bicyclic) bond motifs is 3. The van der Waals surface area contributed by atoms with E-state index in [2.05, 4.69) is 6.92 Å². The van der Waals surface area contributed by atoms with Crippen molar-refractivity contribution < 1.29 is 9.47 Å². The first kappa shape index (κ1) is 21.8. The largest absolute Gasteiger partial charge is 0.497 e. The van der Waals surface area contributed by atoms with Crippen LogP contribution in [0.1, 0.15) is 12.5 Å². The topological polar surface area (TPSA) is 83.5 Å². The van der Waals surface area contributed by atoms with Crippen molar-refractivity contribution >= 4 is 22.8 Å². The number of hydrogen-bond acceptors (Lipinski definition) is 6. The van der Waals surface area contributed by atoms with Crippen molar-refractivity contribution in [3.8, 4) is 11.5 Å². The smallest absolute Gasteiger partial charge is 0.332 e. The number of benzene rings is 2. The zero-order chi connectivity index (χ0) is 24.0. The summed E-state index contributed by atoms with van der Waals surface area (Å²) in [6.07, 6.45) is 0. The van der Waals surface area contributed by atoms with Crippen LogP contribution < -0.4 is 25.6 Å². The molecule has 0 bridgehead atoms. The maximum Gasteiger partial charge on any atom is 0.332 e. The molecule has 176 valence electrons. The highest BCUT2D eigenvalue weighted by atomic mass is 16.5. The molecule has 4 aromatic rings. The number of methoxy groups -OCH3 is 2. The van der Waals surface area contributed by atoms with E-state index in [1.54, 1.807) is 21.3 Å². The Morgan fingerprint density at radius 1 is 1.03 bits per heavy atom. The Balaban J connectivity index is 1.72. The number of ether oxygens (including phenoxy) is 2. The van der Waals surface area contributed by atoms with Crippen LogP contribution >= 0.6 is 0 Å². The molecule has 9 nitrogen and oxygen atoms in total. The molecular weight excluding hydrogens is 434 g/mol. The van der Waals surface area contributed by atoms with Crippen LogP contribution in [0.2, 0.25) is 0 Å². The highest BCUT2D eigenvalue weighted by Crippen LogP contribution is 2.39. The number of nitrogens with zero attached hydrogens (tertiary/aromatic N) is 5. The van der Waals surface area contributed by atoms with Gasteiger partial charge in [-0.25, -0.2) is 4.79 Å². The molecule has 0 spiro atoms. The molecule has 0 amide bonds. The third-order valence-electron chi connectivity index (χ3n) is 6.30. The summed E-state index contributed by atoms with van der Waals surface area (Å²) in [5.41, 5.74) is 1.78. The molecule has 34 heavy (non-hydrogen) atoms. The molecule has 0 aliphatic carbocycles. The lowest BCUT2D eigenvalue weighted by Gasteiger charge is -2.33. The summed E-state index contributed by atoms with van der Waals surface area (Å²) in [4.78, 5) is 33.6. The SMILES string of the molecule is COc1ccc(N2C[C@H](C)Cn3c2nc2c3c(=O)n(Cc3ccccc3)c(=O)n2C)c(OC)c1. The number of aromatic nitrogens is 4. The van der Waals surface area contributed by atoms with Gasteiger partial charge < -0.3 is 18.9 Å². The second-order valence-corrected chi connectivity index (χ2v) is 8.67. The minimum absolute atomic E-state index is 0.203. The Hall–Kier alpha value is -4.01. The fraction of sp³-hybridized carbons (Fsp3) is 0.320. The average molecular weight is 462 g/mol. The highest BCUT2D eigenvalue weighted by Gasteiger charge is 2.31. The maximum absolute atomic E-state index is 13.6. The standard InChI is InChI=1S/C25H27N5O4/c1-16-13-28(19-11-10-18(33-3)12-20(19)34-4)24-26-22-21(29(24)14-16)23(31)30(25(32)27(22)2)15-17-8-6-5-7-9-17/h5-12,16H,13-15H2,1-4H3/t16-/m0/s1. The van der Waals surface area contributed by atoms with Gasteiger partial charge in [-0.2, -0.15) is 4.98 Å². The van der Waals surface area contributed by atoms with E-state index >= 15 is 0 Å². The van der Waals surface area contributed by atoms with Gasteiger partial charge in [0.2, 0.25) is 5.95 Å². The molecule has 2 aromatic carbocycles. The average Bonchev–Trinajstić information content (AvgIpc) is 3.24. The van der Waals surface area contributed by atoms with E-state index in [0.717, 1.165) is 11.3 Å². The van der Waals surface area contributed by atoms with Gasteiger partial charge in [0, 0.05) is 26.2 Å². The van der Waals surface area contributed by atoms with Gasteiger partial charge in [0.05, 0.1) is 26.5 Å². The second kappa shape index (κ2) is 8.40. The minimum atomic E-state index is -0.390. The molecule has 0 saturated carbocycles. The quantitative estimate of drug-likeness (QED) is 0.455. The Morgan fingerprint density at radius 3 is 2.50 bits per heavy atom. The van der Waals surface area contributed by atoms with Gasteiger partial charge in [-0.3, -0.25) is 13.9 Å². The Morgan fingerprint density at radius 2 is 1.79 bits per heavy atom. The molecule has 1 aliphatic heterocycles. The number of hydrogen-bond donors (Lipinski definition) is 0. The molecule has 1 atom stereocenters. The molecule has 1 aliphatic rings. The molecule has 0 unspecified atom stereocenters. The van der Waals surface area contributed by atoms with Gasteiger partial charge in [-0.15, -0.1) is 0 Å². The van der Waals surface area contributed by atoms with Crippen molar-refractivity contribution in [2.75, 3.05) is 25.7 Å². The predicted octanol–water partition coefficient (Wildman–Crippen LogP) is 2.75. The maximum atomic E-state index is 13.6. The monoisotopic (exact) mass is 461 g/mol. The third-order valence-corrected chi connectivity index (χ3v) is 6.30. The van der Waals surface area contributed by atoms with Gasteiger partial charge in [0.1, 0.15) is 11.5 Å². The third kappa shape index (κ3) is 3.44. The zero-order valence-electron chi connectivity index (χ0n) is 19.7. The number of anilines is 2. The minimum Gasteiger partial charge on any atom is -0.497 e. The van der Waals surface area contributed by atoms with E-state index in [4.69, 9.17) is 14.5 Å². The van der Waals surface area contributed by atoms with Gasteiger partial charge in [0.25, 0.3) is 5.56 Å². The summed E-state index contributed by atoms with van der Waals surface area (Å²) in [5.74, 6) is 2.17. The molecule has 0 saturated heterocycles. The first-order valence-corrected chi connectivity index (χ1v) is 11.2. The molecule has 5 rings (SSSR count). The van der Waals surface area contributed by atoms with E-state index in [-0.39, 0.29) is 18.0 Å². The van der Waals surface area contributed by atoms with Crippen LogP contribution in [0.15, 0.2) is 58.1 Å². The van der Waals surface area contributed by atoms with E-state index in [1.807, 2.05) is 58.0 Å². The molecular formula is C25H27N5O4. The molecule has 2 aromatic heterocycles. The summed E-state index contributed by atoms with van der Waals surface area (Å²) in [5, 5.41) is 0. The van der Waals surface area contributed by atoms with Crippen molar-refractivity contribution in [3.05, 3.63) is 74.9 Å². The van der Waals surface area contributed by atoms with E-state index in [0.29, 0.717) is 41.7 Å². The number of aryl methyl sites for hydroxylation is 1. The van der Waals surface area contributed by atoms with Crippen LogP contribution in [0.5, 0.6) is 11.5 Å². The summed E-state index contributed by atoms with van der Waals surface area (Å²) in [6, 6.07) is 15.1. The van der Waals surface area contributed by atoms with Crippen LogP contribution in [0, 0.1) is 5.92 Å². The van der Waals surface area contributed by atoms with Crippen LogP contribution in [0.25, 0.3) is 11.2 Å². The summed E-state index contributed by atoms with van der Waals surface area (Å²) >= 11 is 0. The lowest BCUT2D eigenvalue weighted by Crippen LogP contribution is -2.40. The predicted molar refractivity (Wildman–Crippen MR) is 130 cm³/mol. The van der Waals surface area contributed by atoms with Crippen LogP contribution in [-0.4, -0.2) is 39.4 Å².